The predicted molar refractivity (Wildman–Crippen MR) is 100 cm³/mol. The van der Waals surface area contributed by atoms with Crippen LogP contribution >= 0.6 is 0 Å². The van der Waals surface area contributed by atoms with E-state index < -0.39 is 27.6 Å². The zero-order chi connectivity index (χ0) is 20.0. The van der Waals surface area contributed by atoms with Crippen molar-refractivity contribution >= 4 is 27.3 Å². The summed E-state index contributed by atoms with van der Waals surface area (Å²) in [6, 6.07) is 9.18. The number of hydrogen-bond acceptors (Lipinski definition) is 4. The van der Waals surface area contributed by atoms with E-state index >= 15 is 0 Å². The highest BCUT2D eigenvalue weighted by molar-refractivity contribution is 7.89. The number of anilines is 2. The minimum atomic E-state index is -3.60. The lowest BCUT2D eigenvalue weighted by molar-refractivity contribution is -0.114. The quantitative estimate of drug-likeness (QED) is 0.718. The molecule has 0 saturated carbocycles. The van der Waals surface area contributed by atoms with Crippen LogP contribution in [0.1, 0.15) is 13.8 Å². The van der Waals surface area contributed by atoms with Crippen molar-refractivity contribution in [3.05, 3.63) is 54.1 Å². The third kappa shape index (κ3) is 5.24. The molecule has 0 fully saturated rings. The highest BCUT2D eigenvalue weighted by atomic mass is 32.2. The van der Waals surface area contributed by atoms with Crippen LogP contribution in [0.25, 0.3) is 0 Å². The Morgan fingerprint density at radius 2 is 1.70 bits per heavy atom. The molecule has 0 spiro atoms. The molecule has 0 aliphatic heterocycles. The number of benzene rings is 2. The van der Waals surface area contributed by atoms with Gasteiger partial charge in [0.25, 0.3) is 0 Å². The molecule has 0 heterocycles. The first-order valence-electron chi connectivity index (χ1n) is 8.37. The predicted octanol–water partition coefficient (Wildman–Crippen LogP) is 3.05. The average molecular weight is 397 g/mol. The van der Waals surface area contributed by atoms with Crippen molar-refractivity contribution in [2.45, 2.75) is 18.7 Å². The number of nitrogens with one attached hydrogen (secondary N) is 2. The third-order valence-electron chi connectivity index (χ3n) is 3.83. The maximum absolute atomic E-state index is 13.2. The van der Waals surface area contributed by atoms with Crippen LogP contribution in [0.3, 0.4) is 0 Å². The maximum atomic E-state index is 13.2. The van der Waals surface area contributed by atoms with Gasteiger partial charge in [0.05, 0.1) is 11.4 Å². The second-order valence-electron chi connectivity index (χ2n) is 5.65. The number of sulfonamides is 1. The SMILES string of the molecule is CCN(CC)S(=O)(=O)c1cccc(NCC(=O)Nc2ccc(F)c(F)c2)c1. The molecule has 0 aliphatic carbocycles. The van der Waals surface area contributed by atoms with E-state index in [2.05, 4.69) is 10.6 Å². The molecule has 2 N–H and O–H groups in total. The monoisotopic (exact) mass is 397 g/mol. The number of amides is 1. The molecule has 2 aromatic rings. The molecule has 6 nitrogen and oxygen atoms in total. The molecule has 0 radical (unpaired) electrons. The van der Waals surface area contributed by atoms with Crippen LogP contribution in [-0.4, -0.2) is 38.3 Å². The highest BCUT2D eigenvalue weighted by Gasteiger charge is 2.21. The average Bonchev–Trinajstić information content (AvgIpc) is 2.64. The van der Waals surface area contributed by atoms with E-state index in [1.165, 1.54) is 22.5 Å². The third-order valence-corrected chi connectivity index (χ3v) is 5.88. The zero-order valence-electron chi connectivity index (χ0n) is 15.0. The second-order valence-corrected chi connectivity index (χ2v) is 7.59. The summed E-state index contributed by atoms with van der Waals surface area (Å²) >= 11 is 0. The summed E-state index contributed by atoms with van der Waals surface area (Å²) in [6.45, 7) is 4.05. The van der Waals surface area contributed by atoms with Crippen molar-refractivity contribution < 1.29 is 22.0 Å². The summed E-state index contributed by atoms with van der Waals surface area (Å²) in [6.07, 6.45) is 0. The number of nitrogens with zero attached hydrogens (tertiary/aromatic N) is 1. The van der Waals surface area contributed by atoms with Gasteiger partial charge in [0.15, 0.2) is 11.6 Å². The van der Waals surface area contributed by atoms with Crippen molar-refractivity contribution in [3.8, 4) is 0 Å². The summed E-state index contributed by atoms with van der Waals surface area (Å²) in [4.78, 5) is 12.1. The van der Waals surface area contributed by atoms with E-state index in [0.717, 1.165) is 12.1 Å². The smallest absolute Gasteiger partial charge is 0.243 e. The van der Waals surface area contributed by atoms with Gasteiger partial charge in [0.2, 0.25) is 15.9 Å². The molecular weight excluding hydrogens is 376 g/mol. The van der Waals surface area contributed by atoms with Gasteiger partial charge in [-0.05, 0) is 30.3 Å². The fourth-order valence-corrected chi connectivity index (χ4v) is 3.94. The Kier molecular flexibility index (Phi) is 6.86. The summed E-state index contributed by atoms with van der Waals surface area (Å²) in [5, 5.41) is 5.24. The van der Waals surface area contributed by atoms with Gasteiger partial charge in [-0.15, -0.1) is 0 Å². The van der Waals surface area contributed by atoms with Crippen LogP contribution < -0.4 is 10.6 Å². The Morgan fingerprint density at radius 1 is 1.00 bits per heavy atom. The lowest BCUT2D eigenvalue weighted by atomic mass is 10.3. The van der Waals surface area contributed by atoms with E-state index in [4.69, 9.17) is 0 Å². The fraction of sp³-hybridized carbons (Fsp3) is 0.278. The van der Waals surface area contributed by atoms with E-state index in [0.29, 0.717) is 18.8 Å². The maximum Gasteiger partial charge on any atom is 0.243 e. The van der Waals surface area contributed by atoms with Gasteiger partial charge in [-0.2, -0.15) is 4.31 Å². The van der Waals surface area contributed by atoms with Crippen LogP contribution in [-0.2, 0) is 14.8 Å². The number of hydrogen-bond donors (Lipinski definition) is 2. The molecule has 0 aliphatic rings. The normalized spacial score (nSPS) is 11.4. The molecule has 0 unspecified atom stereocenters. The Morgan fingerprint density at radius 3 is 2.33 bits per heavy atom. The highest BCUT2D eigenvalue weighted by Crippen LogP contribution is 2.19. The fourth-order valence-electron chi connectivity index (χ4n) is 2.44. The number of carbonyl (C=O) groups is 1. The molecule has 146 valence electrons. The van der Waals surface area contributed by atoms with E-state index in [1.807, 2.05) is 0 Å². The molecule has 9 heteroatoms. The van der Waals surface area contributed by atoms with Gasteiger partial charge in [-0.25, -0.2) is 17.2 Å². The van der Waals surface area contributed by atoms with Gasteiger partial charge < -0.3 is 10.6 Å². The molecule has 0 aromatic heterocycles. The van der Waals surface area contributed by atoms with E-state index in [-0.39, 0.29) is 17.1 Å². The van der Waals surface area contributed by atoms with Crippen LogP contribution in [0.5, 0.6) is 0 Å². The molecule has 0 atom stereocenters. The zero-order valence-corrected chi connectivity index (χ0v) is 15.8. The van der Waals surface area contributed by atoms with Crippen LogP contribution in [0, 0.1) is 11.6 Å². The molecular formula is C18H21F2N3O3S. The minimum absolute atomic E-state index is 0.122. The Labute approximate surface area is 157 Å². The van der Waals surface area contributed by atoms with Crippen molar-refractivity contribution in [1.82, 2.24) is 4.31 Å². The second kappa shape index (κ2) is 8.92. The van der Waals surface area contributed by atoms with E-state index in [9.17, 15) is 22.0 Å². The molecule has 2 rings (SSSR count). The van der Waals surface area contributed by atoms with Crippen molar-refractivity contribution in [1.29, 1.82) is 0 Å². The molecule has 0 saturated heterocycles. The number of carbonyl (C=O) groups excluding carboxylic acids is 1. The lowest BCUT2D eigenvalue weighted by Crippen LogP contribution is -2.30. The molecule has 1 amide bonds. The molecule has 2 aromatic carbocycles. The Balaban J connectivity index is 2.04. The van der Waals surface area contributed by atoms with E-state index in [1.54, 1.807) is 26.0 Å². The number of rotatable bonds is 8. The van der Waals surface area contributed by atoms with Crippen LogP contribution in [0.2, 0.25) is 0 Å². The van der Waals surface area contributed by atoms with Crippen molar-refractivity contribution in [2.24, 2.45) is 0 Å². The topological polar surface area (TPSA) is 78.5 Å². The summed E-state index contributed by atoms with van der Waals surface area (Å²) < 4.78 is 52.5. The number of halogens is 2. The molecule has 0 bridgehead atoms. The van der Waals surface area contributed by atoms with Crippen LogP contribution in [0.4, 0.5) is 20.2 Å². The lowest BCUT2D eigenvalue weighted by Gasteiger charge is -2.19. The largest absolute Gasteiger partial charge is 0.376 e. The molecule has 27 heavy (non-hydrogen) atoms. The summed E-state index contributed by atoms with van der Waals surface area (Å²) in [5.74, 6) is -2.55. The standard InChI is InChI=1S/C18H21F2N3O3S/c1-3-23(4-2)27(25,26)15-7-5-6-13(10-15)21-12-18(24)22-14-8-9-16(19)17(20)11-14/h5-11,21H,3-4,12H2,1-2H3,(H,22,24). The van der Waals surface area contributed by atoms with Gasteiger partial charge >= 0.3 is 0 Å². The van der Waals surface area contributed by atoms with Gasteiger partial charge in [-0.3, -0.25) is 4.79 Å². The van der Waals surface area contributed by atoms with Gasteiger partial charge in [0, 0.05) is 30.5 Å². The Hall–Kier alpha value is -2.52. The van der Waals surface area contributed by atoms with Crippen LogP contribution in [0.15, 0.2) is 47.4 Å². The minimum Gasteiger partial charge on any atom is -0.376 e. The summed E-state index contributed by atoms with van der Waals surface area (Å²) in [5.41, 5.74) is 0.572. The first-order chi connectivity index (χ1) is 12.8. The Bertz CT molecular complexity index is 916. The summed E-state index contributed by atoms with van der Waals surface area (Å²) in [7, 11) is -3.60. The first-order valence-corrected chi connectivity index (χ1v) is 9.81. The van der Waals surface area contributed by atoms with Gasteiger partial charge in [0.1, 0.15) is 0 Å². The first kappa shape index (κ1) is 20.8. The van der Waals surface area contributed by atoms with Gasteiger partial charge in [-0.1, -0.05) is 19.9 Å². The van der Waals surface area contributed by atoms with Crippen molar-refractivity contribution in [3.63, 3.8) is 0 Å². The van der Waals surface area contributed by atoms with Crippen molar-refractivity contribution in [2.75, 3.05) is 30.3 Å².